The Balaban J connectivity index is 2.05. The first kappa shape index (κ1) is 15.3. The summed E-state index contributed by atoms with van der Waals surface area (Å²) in [6.07, 6.45) is 0. The standard InChI is InChI=1S/C15H14F2N2OS/c16-11-6-5-10(7-12(11)17)8-19-13-3-1-2-4-14(13)21-9-15(18)20/h1-7,19H,8-9H2,(H2,18,20). The Kier molecular flexibility index (Phi) is 5.16. The molecule has 110 valence electrons. The lowest BCUT2D eigenvalue weighted by Crippen LogP contribution is -2.13. The van der Waals surface area contributed by atoms with E-state index in [1.54, 1.807) is 0 Å². The maximum atomic E-state index is 13.1. The second-order valence-electron chi connectivity index (χ2n) is 4.35. The second kappa shape index (κ2) is 7.08. The average Bonchev–Trinajstić information content (AvgIpc) is 2.47. The van der Waals surface area contributed by atoms with Crippen LogP contribution in [0.5, 0.6) is 0 Å². The number of rotatable bonds is 6. The van der Waals surface area contributed by atoms with Gasteiger partial charge in [-0.2, -0.15) is 0 Å². The lowest BCUT2D eigenvalue weighted by molar-refractivity contribution is -0.115. The van der Waals surface area contributed by atoms with Gasteiger partial charge in [0, 0.05) is 17.1 Å². The molecular weight excluding hydrogens is 294 g/mol. The molecule has 0 radical (unpaired) electrons. The van der Waals surface area contributed by atoms with Crippen LogP contribution in [0.3, 0.4) is 0 Å². The van der Waals surface area contributed by atoms with Crippen LogP contribution in [0.1, 0.15) is 5.56 Å². The van der Waals surface area contributed by atoms with Gasteiger partial charge in [0.2, 0.25) is 5.91 Å². The van der Waals surface area contributed by atoms with E-state index in [1.807, 2.05) is 24.3 Å². The van der Waals surface area contributed by atoms with Gasteiger partial charge in [0.05, 0.1) is 5.75 Å². The number of para-hydroxylation sites is 1. The van der Waals surface area contributed by atoms with Crippen LogP contribution in [0.25, 0.3) is 0 Å². The summed E-state index contributed by atoms with van der Waals surface area (Å²) in [5.41, 5.74) is 6.57. The van der Waals surface area contributed by atoms with Gasteiger partial charge < -0.3 is 11.1 Å². The van der Waals surface area contributed by atoms with Crippen molar-refractivity contribution in [2.45, 2.75) is 11.4 Å². The number of halogens is 2. The molecule has 0 aliphatic rings. The first-order valence-corrected chi connectivity index (χ1v) is 7.23. The van der Waals surface area contributed by atoms with Crippen LogP contribution in [0, 0.1) is 11.6 Å². The van der Waals surface area contributed by atoms with Crippen LogP contribution in [0.4, 0.5) is 14.5 Å². The summed E-state index contributed by atoms with van der Waals surface area (Å²) < 4.78 is 26.0. The molecule has 2 rings (SSSR count). The number of thioether (sulfide) groups is 1. The van der Waals surface area contributed by atoms with Crippen molar-refractivity contribution in [3.05, 3.63) is 59.7 Å². The zero-order valence-electron chi connectivity index (χ0n) is 11.1. The van der Waals surface area contributed by atoms with Crippen LogP contribution < -0.4 is 11.1 Å². The molecule has 0 atom stereocenters. The highest BCUT2D eigenvalue weighted by molar-refractivity contribution is 8.00. The van der Waals surface area contributed by atoms with Crippen molar-refractivity contribution < 1.29 is 13.6 Å². The fraction of sp³-hybridized carbons (Fsp3) is 0.133. The predicted molar refractivity (Wildman–Crippen MR) is 80.0 cm³/mol. The first-order valence-electron chi connectivity index (χ1n) is 6.24. The van der Waals surface area contributed by atoms with E-state index in [0.29, 0.717) is 12.1 Å². The molecule has 0 bridgehead atoms. The SMILES string of the molecule is NC(=O)CSc1ccccc1NCc1ccc(F)c(F)c1. The fourth-order valence-electron chi connectivity index (χ4n) is 1.73. The number of anilines is 1. The smallest absolute Gasteiger partial charge is 0.227 e. The van der Waals surface area contributed by atoms with Crippen molar-refractivity contribution >= 4 is 23.4 Å². The van der Waals surface area contributed by atoms with Crippen molar-refractivity contribution in [3.63, 3.8) is 0 Å². The largest absolute Gasteiger partial charge is 0.380 e. The van der Waals surface area contributed by atoms with E-state index in [4.69, 9.17) is 5.73 Å². The van der Waals surface area contributed by atoms with Gasteiger partial charge in [0.15, 0.2) is 11.6 Å². The summed E-state index contributed by atoms with van der Waals surface area (Å²) in [5, 5.41) is 3.14. The van der Waals surface area contributed by atoms with E-state index >= 15 is 0 Å². The Morgan fingerprint density at radius 2 is 1.90 bits per heavy atom. The Labute approximate surface area is 125 Å². The number of benzene rings is 2. The highest BCUT2D eigenvalue weighted by Crippen LogP contribution is 2.27. The van der Waals surface area contributed by atoms with Gasteiger partial charge in [-0.15, -0.1) is 11.8 Å². The monoisotopic (exact) mass is 308 g/mol. The molecule has 2 aromatic rings. The summed E-state index contributed by atoms with van der Waals surface area (Å²) >= 11 is 1.32. The Morgan fingerprint density at radius 3 is 2.62 bits per heavy atom. The van der Waals surface area contributed by atoms with Gasteiger partial charge in [-0.3, -0.25) is 4.79 Å². The Hall–Kier alpha value is -2.08. The molecule has 3 N–H and O–H groups in total. The van der Waals surface area contributed by atoms with Gasteiger partial charge in [-0.05, 0) is 29.8 Å². The third kappa shape index (κ3) is 4.46. The van der Waals surface area contributed by atoms with Crippen LogP contribution in [0.2, 0.25) is 0 Å². The molecule has 0 spiro atoms. The van der Waals surface area contributed by atoms with Crippen molar-refractivity contribution in [2.75, 3.05) is 11.1 Å². The van der Waals surface area contributed by atoms with Gasteiger partial charge in [0.1, 0.15) is 0 Å². The molecule has 0 aromatic heterocycles. The molecule has 0 unspecified atom stereocenters. The number of primary amides is 1. The van der Waals surface area contributed by atoms with Crippen molar-refractivity contribution in [1.29, 1.82) is 0 Å². The van der Waals surface area contributed by atoms with Gasteiger partial charge in [0.25, 0.3) is 0 Å². The van der Waals surface area contributed by atoms with E-state index in [2.05, 4.69) is 5.32 Å². The van der Waals surface area contributed by atoms with Gasteiger partial charge in [-0.1, -0.05) is 18.2 Å². The number of hydrogen-bond donors (Lipinski definition) is 2. The van der Waals surface area contributed by atoms with Gasteiger partial charge >= 0.3 is 0 Å². The maximum absolute atomic E-state index is 13.1. The molecule has 0 saturated carbocycles. The molecular formula is C15H14F2N2OS. The summed E-state index contributed by atoms with van der Waals surface area (Å²) in [6.45, 7) is 0.353. The maximum Gasteiger partial charge on any atom is 0.227 e. The number of carbonyl (C=O) groups excluding carboxylic acids is 1. The van der Waals surface area contributed by atoms with E-state index in [-0.39, 0.29) is 5.75 Å². The van der Waals surface area contributed by atoms with Crippen molar-refractivity contribution in [1.82, 2.24) is 0 Å². The van der Waals surface area contributed by atoms with Crippen molar-refractivity contribution in [2.24, 2.45) is 5.73 Å². The number of nitrogens with one attached hydrogen (secondary N) is 1. The second-order valence-corrected chi connectivity index (χ2v) is 5.37. The Bertz CT molecular complexity index is 649. The van der Waals surface area contributed by atoms with E-state index in [9.17, 15) is 13.6 Å². The summed E-state index contributed by atoms with van der Waals surface area (Å²) in [7, 11) is 0. The molecule has 0 aliphatic heterocycles. The van der Waals surface area contributed by atoms with Crippen LogP contribution >= 0.6 is 11.8 Å². The van der Waals surface area contributed by atoms with E-state index in [1.165, 1.54) is 17.8 Å². The third-order valence-electron chi connectivity index (χ3n) is 2.72. The number of carbonyl (C=O) groups is 1. The Morgan fingerprint density at radius 1 is 1.14 bits per heavy atom. The van der Waals surface area contributed by atoms with Gasteiger partial charge in [-0.25, -0.2) is 8.78 Å². The topological polar surface area (TPSA) is 55.1 Å². The minimum atomic E-state index is -0.870. The highest BCUT2D eigenvalue weighted by Gasteiger charge is 2.06. The van der Waals surface area contributed by atoms with Crippen LogP contribution in [0.15, 0.2) is 47.4 Å². The van der Waals surface area contributed by atoms with E-state index in [0.717, 1.165) is 22.7 Å². The summed E-state index contributed by atoms with van der Waals surface area (Å²) in [6, 6.07) is 11.2. The van der Waals surface area contributed by atoms with Crippen molar-refractivity contribution in [3.8, 4) is 0 Å². The molecule has 0 heterocycles. The quantitative estimate of drug-likeness (QED) is 0.806. The highest BCUT2D eigenvalue weighted by atomic mass is 32.2. The normalized spacial score (nSPS) is 10.4. The number of nitrogens with two attached hydrogens (primary N) is 1. The zero-order chi connectivity index (χ0) is 15.2. The minimum absolute atomic E-state index is 0.184. The van der Waals surface area contributed by atoms with Crippen LogP contribution in [-0.2, 0) is 11.3 Å². The van der Waals surface area contributed by atoms with E-state index < -0.39 is 17.5 Å². The predicted octanol–water partition coefficient (Wildman–Crippen LogP) is 3.15. The molecule has 2 aromatic carbocycles. The molecule has 3 nitrogen and oxygen atoms in total. The molecule has 0 fully saturated rings. The first-order chi connectivity index (χ1) is 10.1. The summed E-state index contributed by atoms with van der Waals surface area (Å²) in [5.74, 6) is -1.94. The fourth-order valence-corrected chi connectivity index (χ4v) is 2.50. The minimum Gasteiger partial charge on any atom is -0.380 e. The lowest BCUT2D eigenvalue weighted by atomic mass is 10.2. The third-order valence-corrected chi connectivity index (χ3v) is 3.82. The molecule has 0 saturated heterocycles. The number of hydrogen-bond acceptors (Lipinski definition) is 3. The summed E-state index contributed by atoms with van der Waals surface area (Å²) in [4.78, 5) is 11.7. The molecule has 1 amide bonds. The number of amides is 1. The molecule has 0 aliphatic carbocycles. The molecule has 21 heavy (non-hydrogen) atoms. The average molecular weight is 308 g/mol. The van der Waals surface area contributed by atoms with Crippen LogP contribution in [-0.4, -0.2) is 11.7 Å². The molecule has 6 heteroatoms. The lowest BCUT2D eigenvalue weighted by Gasteiger charge is -2.11. The zero-order valence-corrected chi connectivity index (χ0v) is 11.9.